The van der Waals surface area contributed by atoms with Gasteiger partial charge in [-0.25, -0.2) is 0 Å². The van der Waals surface area contributed by atoms with Gasteiger partial charge in [0.2, 0.25) is 17.7 Å². The van der Waals surface area contributed by atoms with Crippen LogP contribution in [-0.2, 0) is 20.1 Å². The fourth-order valence-electron chi connectivity index (χ4n) is 3.71. The molecule has 14 nitrogen and oxygen atoms in total. The number of non-ortho nitro benzene ring substituents is 1. The number of nitrogens with zero attached hydrogens (tertiary/aromatic N) is 4. The van der Waals surface area contributed by atoms with Gasteiger partial charge in [-0.05, 0) is 25.3 Å². The number of amides is 4. The predicted molar refractivity (Wildman–Crippen MR) is 143 cm³/mol. The molecule has 208 valence electrons. The van der Waals surface area contributed by atoms with Crippen molar-refractivity contribution in [2.45, 2.75) is 44.5 Å². The Hall–Kier alpha value is -3.88. The molecule has 7 N–H and O–H groups in total. The minimum atomic E-state index is -1.03. The van der Waals surface area contributed by atoms with Gasteiger partial charge >= 0.3 is 0 Å². The third-order valence-electron chi connectivity index (χ3n) is 6.01. The summed E-state index contributed by atoms with van der Waals surface area (Å²) in [6.07, 6.45) is 0.849. The van der Waals surface area contributed by atoms with Crippen molar-refractivity contribution in [2.75, 3.05) is 31.9 Å². The number of nitrogens with one attached hydrogen (secondary N) is 1. The van der Waals surface area contributed by atoms with E-state index in [0.717, 1.165) is 0 Å². The molecule has 0 saturated carbocycles. The minimum Gasteiger partial charge on any atom is -0.370 e. The van der Waals surface area contributed by atoms with Crippen LogP contribution in [0.2, 0.25) is 0 Å². The van der Waals surface area contributed by atoms with Crippen molar-refractivity contribution < 1.29 is 24.1 Å². The van der Waals surface area contributed by atoms with Gasteiger partial charge in [-0.2, -0.15) is 11.8 Å². The Bertz CT molecular complexity index is 1090. The Balaban J connectivity index is 2.51. The number of carbonyl (C=O) groups is 4. The van der Waals surface area contributed by atoms with E-state index in [0.29, 0.717) is 18.4 Å². The van der Waals surface area contributed by atoms with Gasteiger partial charge in [-0.3, -0.25) is 34.3 Å². The van der Waals surface area contributed by atoms with Crippen LogP contribution in [0, 0.1) is 10.1 Å². The third kappa shape index (κ3) is 8.61. The van der Waals surface area contributed by atoms with Crippen molar-refractivity contribution in [3.8, 4) is 0 Å². The second kappa shape index (κ2) is 14.2. The molecule has 4 amide bonds. The summed E-state index contributed by atoms with van der Waals surface area (Å²) in [4.78, 5) is 69.2. The molecule has 15 heteroatoms. The summed E-state index contributed by atoms with van der Waals surface area (Å²) in [5.41, 5.74) is 16.5. The van der Waals surface area contributed by atoms with Crippen molar-refractivity contribution in [1.82, 2.24) is 15.1 Å². The normalized spacial score (nSPS) is 18.2. The molecule has 0 fully saturated rings. The van der Waals surface area contributed by atoms with Gasteiger partial charge in [0, 0.05) is 42.8 Å². The lowest BCUT2D eigenvalue weighted by Crippen LogP contribution is -2.52. The maximum absolute atomic E-state index is 13.7. The number of hydrogen-bond acceptors (Lipinski definition) is 8. The molecule has 2 rings (SSSR count). The van der Waals surface area contributed by atoms with Gasteiger partial charge in [0.05, 0.1) is 17.0 Å². The highest BCUT2D eigenvalue weighted by Gasteiger charge is 2.30. The standard InChI is InChI=1S/C23H34N8O6S/c1-3-14(2)30-11-20(33)29(8-4-7-27-23(25)26)10-19(32)28-18(21(24)34)13-38-12-15-5-6-16(31(36)37)9-17(15)22(30)35/h5-6,9,14,18H,3-4,7-8,10-13H2,1-2H3,(H2,24,34)(H,28,32)(H4,25,26,27)/t14?,18-/m0/s1. The summed E-state index contributed by atoms with van der Waals surface area (Å²) in [5.74, 6) is -2.20. The maximum atomic E-state index is 13.7. The molecule has 0 aromatic heterocycles. The molecule has 2 atom stereocenters. The molecule has 1 unspecified atom stereocenters. The van der Waals surface area contributed by atoms with Gasteiger partial charge < -0.3 is 32.3 Å². The molecule has 0 bridgehead atoms. The monoisotopic (exact) mass is 550 g/mol. The third-order valence-corrected chi connectivity index (χ3v) is 7.10. The number of hydrogen-bond donors (Lipinski definition) is 4. The first-order chi connectivity index (χ1) is 17.9. The first-order valence-corrected chi connectivity index (χ1v) is 13.2. The van der Waals surface area contributed by atoms with E-state index in [1.54, 1.807) is 6.92 Å². The molecular weight excluding hydrogens is 516 g/mol. The zero-order valence-corrected chi connectivity index (χ0v) is 22.2. The number of guanidine groups is 1. The number of benzene rings is 1. The van der Waals surface area contributed by atoms with Crippen LogP contribution >= 0.6 is 11.8 Å². The molecule has 1 heterocycles. The average Bonchev–Trinajstić information content (AvgIpc) is 2.86. The number of nitro groups is 1. The second-order valence-electron chi connectivity index (χ2n) is 8.80. The molecule has 1 aliphatic rings. The molecule has 1 aromatic rings. The van der Waals surface area contributed by atoms with Gasteiger partial charge in [-0.1, -0.05) is 13.0 Å². The maximum Gasteiger partial charge on any atom is 0.270 e. The highest BCUT2D eigenvalue weighted by molar-refractivity contribution is 7.98. The molecule has 0 aliphatic carbocycles. The van der Waals surface area contributed by atoms with Crippen molar-refractivity contribution >= 4 is 47.0 Å². The highest BCUT2D eigenvalue weighted by Crippen LogP contribution is 2.25. The second-order valence-corrected chi connectivity index (χ2v) is 9.83. The van der Waals surface area contributed by atoms with E-state index in [9.17, 15) is 29.3 Å². The number of carbonyl (C=O) groups excluding carboxylic acids is 4. The average molecular weight is 551 g/mol. The largest absolute Gasteiger partial charge is 0.370 e. The van der Waals surface area contributed by atoms with Crippen molar-refractivity contribution in [3.63, 3.8) is 0 Å². The van der Waals surface area contributed by atoms with Crippen molar-refractivity contribution in [1.29, 1.82) is 0 Å². The Kier molecular flexibility index (Phi) is 11.3. The van der Waals surface area contributed by atoms with Gasteiger partial charge in [0.1, 0.15) is 12.6 Å². The Labute approximate surface area is 224 Å². The lowest BCUT2D eigenvalue weighted by molar-refractivity contribution is -0.384. The minimum absolute atomic E-state index is 0.0934. The molecular formula is C23H34N8O6S. The zero-order chi connectivity index (χ0) is 28.4. The fraction of sp³-hybridized carbons (Fsp3) is 0.522. The number of fused-ring (bicyclic) bond motifs is 1. The van der Waals surface area contributed by atoms with E-state index in [1.807, 2.05) is 6.92 Å². The Morgan fingerprint density at radius 2 is 1.97 bits per heavy atom. The van der Waals surface area contributed by atoms with E-state index in [4.69, 9.17) is 17.2 Å². The SMILES string of the molecule is CCC(C)N1CC(=O)N(CCCN=C(N)N)CC(=O)N[C@H](C(N)=O)CSCc2ccc([N+](=O)[O-])cc2C1=O. The Morgan fingerprint density at radius 3 is 2.58 bits per heavy atom. The van der Waals surface area contributed by atoms with Crippen LogP contribution in [-0.4, -0.2) is 88.3 Å². The molecule has 0 saturated heterocycles. The van der Waals surface area contributed by atoms with Crippen LogP contribution in [0.3, 0.4) is 0 Å². The van der Waals surface area contributed by atoms with Crippen LogP contribution in [0.5, 0.6) is 0 Å². The van der Waals surface area contributed by atoms with Crippen LogP contribution in [0.15, 0.2) is 23.2 Å². The number of rotatable bonds is 8. The molecule has 1 aromatic carbocycles. The fourth-order valence-corrected chi connectivity index (χ4v) is 4.78. The highest BCUT2D eigenvalue weighted by atomic mass is 32.2. The summed E-state index contributed by atoms with van der Waals surface area (Å²) in [7, 11) is 0. The molecule has 0 radical (unpaired) electrons. The van der Waals surface area contributed by atoms with Crippen molar-refractivity contribution in [2.24, 2.45) is 22.2 Å². The van der Waals surface area contributed by atoms with E-state index in [-0.39, 0.29) is 60.9 Å². The van der Waals surface area contributed by atoms with E-state index in [1.165, 1.54) is 39.8 Å². The van der Waals surface area contributed by atoms with E-state index >= 15 is 0 Å². The van der Waals surface area contributed by atoms with Crippen LogP contribution in [0.1, 0.15) is 42.6 Å². The van der Waals surface area contributed by atoms with E-state index < -0.39 is 34.6 Å². The van der Waals surface area contributed by atoms with Crippen LogP contribution < -0.4 is 22.5 Å². The first-order valence-electron chi connectivity index (χ1n) is 12.0. The lowest BCUT2D eigenvalue weighted by atomic mass is 10.0. The van der Waals surface area contributed by atoms with Gasteiger partial charge in [0.15, 0.2) is 5.96 Å². The molecule has 1 aliphatic heterocycles. The van der Waals surface area contributed by atoms with E-state index in [2.05, 4.69) is 10.3 Å². The number of nitro benzene ring substituents is 1. The first kappa shape index (κ1) is 30.3. The topological polar surface area (TPSA) is 220 Å². The smallest absolute Gasteiger partial charge is 0.270 e. The lowest BCUT2D eigenvalue weighted by Gasteiger charge is -2.32. The zero-order valence-electron chi connectivity index (χ0n) is 21.4. The summed E-state index contributed by atoms with van der Waals surface area (Å²) in [5, 5.41) is 14.0. The molecule has 0 spiro atoms. The number of primary amides is 1. The summed E-state index contributed by atoms with van der Waals surface area (Å²) in [6, 6.07) is 2.57. The summed E-state index contributed by atoms with van der Waals surface area (Å²) < 4.78 is 0. The molecule has 38 heavy (non-hydrogen) atoms. The number of thioether (sulfide) groups is 1. The van der Waals surface area contributed by atoms with Crippen LogP contribution in [0.4, 0.5) is 5.69 Å². The van der Waals surface area contributed by atoms with Gasteiger partial charge in [0.25, 0.3) is 11.6 Å². The van der Waals surface area contributed by atoms with Crippen molar-refractivity contribution in [3.05, 3.63) is 39.4 Å². The summed E-state index contributed by atoms with van der Waals surface area (Å²) in [6.45, 7) is 3.19. The van der Waals surface area contributed by atoms with Gasteiger partial charge in [-0.15, -0.1) is 0 Å². The quantitative estimate of drug-likeness (QED) is 0.108. The van der Waals surface area contributed by atoms with Crippen LogP contribution in [0.25, 0.3) is 0 Å². The predicted octanol–water partition coefficient (Wildman–Crippen LogP) is -0.455. The summed E-state index contributed by atoms with van der Waals surface area (Å²) >= 11 is 1.24. The Morgan fingerprint density at radius 1 is 1.26 bits per heavy atom. The number of aliphatic imine (C=N–C) groups is 1. The number of nitrogens with two attached hydrogens (primary N) is 3.